The average molecular weight is 328 g/mol. The molecule has 2 aromatic heterocycles. The second-order valence-electron chi connectivity index (χ2n) is 4.28. The molecule has 2 heterocycles. The van der Waals surface area contributed by atoms with Crippen LogP contribution in [-0.4, -0.2) is 16.3 Å². The van der Waals surface area contributed by atoms with Gasteiger partial charge in [-0.05, 0) is 46.4 Å². The second kappa shape index (κ2) is 6.50. The smallest absolute Gasteiger partial charge is 0.0553 e. The van der Waals surface area contributed by atoms with Crippen molar-refractivity contribution in [3.8, 4) is 0 Å². The first-order chi connectivity index (χ1) is 8.72. The lowest BCUT2D eigenvalue weighted by atomic mass is 10.1. The van der Waals surface area contributed by atoms with E-state index in [4.69, 9.17) is 0 Å². The molecule has 1 N–H and O–H groups in total. The molecule has 0 fully saturated rings. The summed E-state index contributed by atoms with van der Waals surface area (Å²) in [6.45, 7) is 3.22. The van der Waals surface area contributed by atoms with Crippen LogP contribution >= 0.6 is 27.3 Å². The zero-order valence-electron chi connectivity index (χ0n) is 10.7. The molecule has 5 heteroatoms. The molecule has 98 valence electrons. The van der Waals surface area contributed by atoms with Crippen molar-refractivity contribution in [1.82, 2.24) is 15.1 Å². The summed E-state index contributed by atoms with van der Waals surface area (Å²) in [7, 11) is 2.00. The first-order valence-corrected chi connectivity index (χ1v) is 7.82. The van der Waals surface area contributed by atoms with Gasteiger partial charge in [0, 0.05) is 29.0 Å². The molecule has 1 unspecified atom stereocenters. The Labute approximate surface area is 120 Å². The summed E-state index contributed by atoms with van der Waals surface area (Å²) in [5, 5.41) is 9.99. The number of thiophene rings is 1. The van der Waals surface area contributed by atoms with E-state index in [0.717, 1.165) is 19.4 Å². The highest BCUT2D eigenvalue weighted by Crippen LogP contribution is 2.28. The summed E-state index contributed by atoms with van der Waals surface area (Å²) >= 11 is 5.40. The van der Waals surface area contributed by atoms with E-state index in [1.807, 2.05) is 17.9 Å². The van der Waals surface area contributed by atoms with Gasteiger partial charge in [-0.2, -0.15) is 5.10 Å². The molecule has 0 aliphatic heterocycles. The van der Waals surface area contributed by atoms with Gasteiger partial charge in [0.1, 0.15) is 0 Å². The number of aromatic nitrogens is 2. The second-order valence-corrected chi connectivity index (χ2v) is 6.14. The van der Waals surface area contributed by atoms with Crippen LogP contribution in [0.25, 0.3) is 0 Å². The van der Waals surface area contributed by atoms with E-state index in [0.29, 0.717) is 6.04 Å². The van der Waals surface area contributed by atoms with E-state index < -0.39 is 0 Å². The van der Waals surface area contributed by atoms with Gasteiger partial charge in [-0.1, -0.05) is 6.92 Å². The molecule has 2 aromatic rings. The van der Waals surface area contributed by atoms with Crippen LogP contribution in [0.2, 0.25) is 0 Å². The molecule has 18 heavy (non-hydrogen) atoms. The molecule has 0 spiro atoms. The van der Waals surface area contributed by atoms with Crippen LogP contribution in [0.3, 0.4) is 0 Å². The number of aryl methyl sites for hydroxylation is 1. The largest absolute Gasteiger partial charge is 0.308 e. The van der Waals surface area contributed by atoms with Crippen LogP contribution in [0.4, 0.5) is 0 Å². The van der Waals surface area contributed by atoms with Gasteiger partial charge in [-0.25, -0.2) is 0 Å². The van der Waals surface area contributed by atoms with Gasteiger partial charge in [0.2, 0.25) is 0 Å². The van der Waals surface area contributed by atoms with Crippen molar-refractivity contribution < 1.29 is 0 Å². The normalized spacial score (nSPS) is 12.8. The van der Waals surface area contributed by atoms with Gasteiger partial charge in [-0.15, -0.1) is 11.3 Å². The lowest BCUT2D eigenvalue weighted by Gasteiger charge is -2.18. The highest BCUT2D eigenvalue weighted by molar-refractivity contribution is 9.10. The van der Waals surface area contributed by atoms with Crippen LogP contribution in [0.15, 0.2) is 28.2 Å². The zero-order chi connectivity index (χ0) is 13.0. The predicted octanol–water partition coefficient (Wildman–Crippen LogP) is 3.53. The van der Waals surface area contributed by atoms with Crippen LogP contribution in [0.1, 0.15) is 30.0 Å². The van der Waals surface area contributed by atoms with E-state index in [2.05, 4.69) is 50.8 Å². The Hall–Kier alpha value is -0.650. The molecule has 0 bridgehead atoms. The standard InChI is InChI=1S/C13H18BrN3S/c1-3-6-15-11(12-4-7-16-17(12)2)9-13-10(14)5-8-18-13/h4-5,7-8,11,15H,3,6,9H2,1-2H3. The van der Waals surface area contributed by atoms with Crippen LogP contribution in [0.5, 0.6) is 0 Å². The van der Waals surface area contributed by atoms with Crippen molar-refractivity contribution in [2.75, 3.05) is 6.54 Å². The maximum absolute atomic E-state index is 4.27. The predicted molar refractivity (Wildman–Crippen MR) is 80.0 cm³/mol. The molecule has 2 rings (SSSR count). The summed E-state index contributed by atoms with van der Waals surface area (Å²) in [5.74, 6) is 0. The fraction of sp³-hybridized carbons (Fsp3) is 0.462. The lowest BCUT2D eigenvalue weighted by molar-refractivity contribution is 0.495. The molecular formula is C13H18BrN3S. The molecular weight excluding hydrogens is 310 g/mol. The Morgan fingerprint density at radius 2 is 2.33 bits per heavy atom. The zero-order valence-corrected chi connectivity index (χ0v) is 13.1. The summed E-state index contributed by atoms with van der Waals surface area (Å²) in [4.78, 5) is 1.38. The minimum Gasteiger partial charge on any atom is -0.308 e. The van der Waals surface area contributed by atoms with Gasteiger partial charge >= 0.3 is 0 Å². The average Bonchev–Trinajstić information content (AvgIpc) is 2.94. The van der Waals surface area contributed by atoms with Crippen molar-refractivity contribution in [2.45, 2.75) is 25.8 Å². The van der Waals surface area contributed by atoms with E-state index in [1.165, 1.54) is 15.0 Å². The number of nitrogens with one attached hydrogen (secondary N) is 1. The summed E-state index contributed by atoms with van der Waals surface area (Å²) in [5.41, 5.74) is 1.24. The molecule has 0 saturated carbocycles. The van der Waals surface area contributed by atoms with E-state index in [9.17, 15) is 0 Å². The highest BCUT2D eigenvalue weighted by Gasteiger charge is 2.16. The Kier molecular flexibility index (Phi) is 4.97. The molecule has 0 amide bonds. The van der Waals surface area contributed by atoms with Crippen molar-refractivity contribution >= 4 is 27.3 Å². The van der Waals surface area contributed by atoms with Crippen molar-refractivity contribution in [3.63, 3.8) is 0 Å². The van der Waals surface area contributed by atoms with E-state index in [-0.39, 0.29) is 0 Å². The summed E-state index contributed by atoms with van der Waals surface area (Å²) in [6, 6.07) is 4.53. The Bertz CT molecular complexity index is 492. The monoisotopic (exact) mass is 327 g/mol. The minimum absolute atomic E-state index is 0.326. The van der Waals surface area contributed by atoms with Crippen molar-refractivity contribution in [1.29, 1.82) is 0 Å². The minimum atomic E-state index is 0.326. The molecule has 0 aliphatic carbocycles. The van der Waals surface area contributed by atoms with E-state index >= 15 is 0 Å². The Balaban J connectivity index is 2.15. The first kappa shape index (κ1) is 13.8. The van der Waals surface area contributed by atoms with Gasteiger partial charge < -0.3 is 5.32 Å². The SMILES string of the molecule is CCCNC(Cc1sccc1Br)c1ccnn1C. The third-order valence-electron chi connectivity index (χ3n) is 2.94. The highest BCUT2D eigenvalue weighted by atomic mass is 79.9. The summed E-state index contributed by atoms with van der Waals surface area (Å²) in [6.07, 6.45) is 4.00. The Morgan fingerprint density at radius 1 is 1.50 bits per heavy atom. The fourth-order valence-electron chi connectivity index (χ4n) is 1.98. The first-order valence-electron chi connectivity index (χ1n) is 6.15. The maximum atomic E-state index is 4.27. The summed E-state index contributed by atoms with van der Waals surface area (Å²) < 4.78 is 3.16. The van der Waals surface area contributed by atoms with Crippen LogP contribution in [-0.2, 0) is 13.5 Å². The van der Waals surface area contributed by atoms with Gasteiger partial charge in [0.15, 0.2) is 0 Å². The van der Waals surface area contributed by atoms with Crippen molar-refractivity contribution in [2.24, 2.45) is 7.05 Å². The van der Waals surface area contributed by atoms with Crippen molar-refractivity contribution in [3.05, 3.63) is 38.8 Å². The maximum Gasteiger partial charge on any atom is 0.0553 e. The molecule has 3 nitrogen and oxygen atoms in total. The topological polar surface area (TPSA) is 29.9 Å². The molecule has 0 radical (unpaired) electrons. The van der Waals surface area contributed by atoms with Gasteiger partial charge in [0.25, 0.3) is 0 Å². The molecule has 0 saturated heterocycles. The lowest BCUT2D eigenvalue weighted by Crippen LogP contribution is -2.26. The quantitative estimate of drug-likeness (QED) is 0.879. The van der Waals surface area contributed by atoms with Crippen LogP contribution in [0, 0.1) is 0 Å². The fourth-order valence-corrected chi connectivity index (χ4v) is 3.54. The van der Waals surface area contributed by atoms with Crippen LogP contribution < -0.4 is 5.32 Å². The third kappa shape index (κ3) is 3.22. The molecule has 0 aliphatic rings. The number of rotatable bonds is 6. The number of hydrogen-bond acceptors (Lipinski definition) is 3. The van der Waals surface area contributed by atoms with Gasteiger partial charge in [0.05, 0.1) is 11.7 Å². The van der Waals surface area contributed by atoms with Gasteiger partial charge in [-0.3, -0.25) is 4.68 Å². The number of nitrogens with zero attached hydrogens (tertiary/aromatic N) is 2. The third-order valence-corrected chi connectivity index (χ3v) is 4.89. The molecule has 0 aromatic carbocycles. The number of hydrogen-bond donors (Lipinski definition) is 1. The molecule has 1 atom stereocenters. The van der Waals surface area contributed by atoms with E-state index in [1.54, 1.807) is 11.3 Å². The number of halogens is 1. The Morgan fingerprint density at radius 3 is 2.89 bits per heavy atom.